The first kappa shape index (κ1) is 25.7. The molecule has 0 radical (unpaired) electrons. The average Bonchev–Trinajstić information content (AvgIpc) is 3.78. The van der Waals surface area contributed by atoms with Crippen LogP contribution in [0.25, 0.3) is 99.1 Å². The lowest BCUT2D eigenvalue weighted by Gasteiger charge is -2.13. The van der Waals surface area contributed by atoms with Crippen LogP contribution < -0.4 is 0 Å². The molecule has 1 aliphatic rings. The molecule has 10 aromatic rings. The molecular weight excluding hydrogens is 583 g/mol. The number of hydrogen-bond acceptors (Lipinski definition) is 1. The Morgan fingerprint density at radius 3 is 1.73 bits per heavy atom. The first-order valence-corrected chi connectivity index (χ1v) is 16.5. The zero-order valence-electron chi connectivity index (χ0n) is 25.9. The number of hydrogen-bond donors (Lipinski definition) is 0. The Labute approximate surface area is 276 Å². The van der Waals surface area contributed by atoms with E-state index in [2.05, 4.69) is 166 Å². The molecular formula is C45H27N3. The van der Waals surface area contributed by atoms with E-state index in [1.165, 1.54) is 99.1 Å². The fourth-order valence-corrected chi connectivity index (χ4v) is 8.30. The van der Waals surface area contributed by atoms with Gasteiger partial charge >= 0.3 is 0 Å². The maximum absolute atomic E-state index is 4.45. The number of benzene rings is 7. The highest BCUT2D eigenvalue weighted by molar-refractivity contribution is 6.19. The van der Waals surface area contributed by atoms with Gasteiger partial charge in [-0.05, 0) is 93.9 Å². The van der Waals surface area contributed by atoms with E-state index in [4.69, 9.17) is 0 Å². The molecule has 0 fully saturated rings. The van der Waals surface area contributed by atoms with Gasteiger partial charge in [-0.3, -0.25) is 4.98 Å². The van der Waals surface area contributed by atoms with E-state index >= 15 is 0 Å². The van der Waals surface area contributed by atoms with Crippen LogP contribution in [0.2, 0.25) is 0 Å². The number of para-hydroxylation sites is 3. The third-order valence-corrected chi connectivity index (χ3v) is 10.4. The van der Waals surface area contributed by atoms with Gasteiger partial charge in [-0.2, -0.15) is 0 Å². The molecule has 0 spiro atoms. The van der Waals surface area contributed by atoms with Gasteiger partial charge in [0.05, 0.1) is 27.8 Å². The largest absolute Gasteiger partial charge is 0.309 e. The van der Waals surface area contributed by atoms with Gasteiger partial charge in [-0.1, -0.05) is 91.0 Å². The minimum atomic E-state index is 1.18. The van der Waals surface area contributed by atoms with Gasteiger partial charge in [0.15, 0.2) is 0 Å². The second-order valence-corrected chi connectivity index (χ2v) is 12.8. The van der Waals surface area contributed by atoms with Gasteiger partial charge < -0.3 is 9.13 Å². The fourth-order valence-electron chi connectivity index (χ4n) is 8.30. The molecule has 7 aromatic carbocycles. The van der Waals surface area contributed by atoms with Crippen LogP contribution in [0.1, 0.15) is 0 Å². The average molecular weight is 610 g/mol. The molecule has 0 saturated carbocycles. The van der Waals surface area contributed by atoms with Crippen molar-refractivity contribution in [1.82, 2.24) is 14.1 Å². The second-order valence-electron chi connectivity index (χ2n) is 12.8. The molecule has 0 atom stereocenters. The molecule has 48 heavy (non-hydrogen) atoms. The lowest BCUT2D eigenvalue weighted by atomic mass is 10.0. The first-order valence-electron chi connectivity index (χ1n) is 16.5. The predicted octanol–water partition coefficient (Wildman–Crippen LogP) is 11.7. The molecule has 3 heterocycles. The van der Waals surface area contributed by atoms with E-state index in [-0.39, 0.29) is 0 Å². The van der Waals surface area contributed by atoms with E-state index in [9.17, 15) is 0 Å². The van der Waals surface area contributed by atoms with Crippen LogP contribution in [0.4, 0.5) is 0 Å². The summed E-state index contributed by atoms with van der Waals surface area (Å²) >= 11 is 0. The zero-order valence-corrected chi connectivity index (χ0v) is 25.9. The Hall–Kier alpha value is -6.45. The molecule has 3 heteroatoms. The van der Waals surface area contributed by atoms with Gasteiger partial charge in [0, 0.05) is 50.6 Å². The van der Waals surface area contributed by atoms with Crippen molar-refractivity contribution in [3.05, 3.63) is 164 Å². The molecule has 222 valence electrons. The molecule has 0 N–H and O–H groups in total. The van der Waals surface area contributed by atoms with Crippen LogP contribution in [0.15, 0.2) is 164 Å². The van der Waals surface area contributed by atoms with Crippen LogP contribution >= 0.6 is 0 Å². The number of rotatable bonds is 3. The lowest BCUT2D eigenvalue weighted by Crippen LogP contribution is -1.95. The number of pyridine rings is 1. The van der Waals surface area contributed by atoms with Gasteiger partial charge in [-0.15, -0.1) is 0 Å². The van der Waals surface area contributed by atoms with Crippen molar-refractivity contribution < 1.29 is 0 Å². The topological polar surface area (TPSA) is 22.8 Å². The van der Waals surface area contributed by atoms with Crippen molar-refractivity contribution in [2.75, 3.05) is 0 Å². The second kappa shape index (κ2) is 9.54. The summed E-state index contributed by atoms with van der Waals surface area (Å²) in [5, 5.41) is 7.61. The highest BCUT2D eigenvalue weighted by Crippen LogP contribution is 2.49. The van der Waals surface area contributed by atoms with Gasteiger partial charge in [-0.25, -0.2) is 0 Å². The highest BCUT2D eigenvalue weighted by Gasteiger charge is 2.24. The summed E-state index contributed by atoms with van der Waals surface area (Å²) in [7, 11) is 0. The minimum absolute atomic E-state index is 1.18. The van der Waals surface area contributed by atoms with Crippen LogP contribution in [0.5, 0.6) is 0 Å². The number of nitrogens with zero attached hydrogens (tertiary/aromatic N) is 3. The number of fused-ring (bicyclic) bond motifs is 9. The van der Waals surface area contributed by atoms with E-state index < -0.39 is 0 Å². The normalized spacial score (nSPS) is 12.2. The molecule has 3 nitrogen and oxygen atoms in total. The summed E-state index contributed by atoms with van der Waals surface area (Å²) in [6.45, 7) is 0. The summed E-state index contributed by atoms with van der Waals surface area (Å²) in [6.07, 6.45) is 3.90. The van der Waals surface area contributed by atoms with E-state index in [0.29, 0.717) is 0 Å². The van der Waals surface area contributed by atoms with Crippen molar-refractivity contribution in [3.8, 4) is 44.8 Å². The van der Waals surface area contributed by atoms with Crippen LogP contribution in [-0.4, -0.2) is 14.1 Å². The van der Waals surface area contributed by atoms with Crippen molar-refractivity contribution in [1.29, 1.82) is 0 Å². The van der Waals surface area contributed by atoms with E-state index in [1.54, 1.807) is 0 Å². The minimum Gasteiger partial charge on any atom is -0.309 e. The van der Waals surface area contributed by atoms with E-state index in [0.717, 1.165) is 0 Å². The fraction of sp³-hybridized carbons (Fsp3) is 0. The Morgan fingerprint density at radius 2 is 0.979 bits per heavy atom. The summed E-state index contributed by atoms with van der Waals surface area (Å²) in [6, 6.07) is 55.5. The third kappa shape index (κ3) is 3.40. The van der Waals surface area contributed by atoms with Crippen LogP contribution in [0, 0.1) is 0 Å². The summed E-state index contributed by atoms with van der Waals surface area (Å²) < 4.78 is 4.83. The van der Waals surface area contributed by atoms with Gasteiger partial charge in [0.2, 0.25) is 0 Å². The third-order valence-electron chi connectivity index (χ3n) is 10.4. The van der Waals surface area contributed by atoms with Crippen molar-refractivity contribution in [3.63, 3.8) is 0 Å². The Bertz CT molecular complexity index is 2910. The molecule has 0 unspecified atom stereocenters. The molecule has 0 aliphatic heterocycles. The molecule has 11 rings (SSSR count). The molecule has 0 saturated heterocycles. The molecule has 1 aliphatic carbocycles. The van der Waals surface area contributed by atoms with Crippen molar-refractivity contribution in [2.24, 2.45) is 0 Å². The highest BCUT2D eigenvalue weighted by atomic mass is 15.0. The smallest absolute Gasteiger partial charge is 0.0541 e. The zero-order chi connectivity index (χ0) is 31.3. The van der Waals surface area contributed by atoms with Crippen LogP contribution in [-0.2, 0) is 0 Å². The molecule has 0 amide bonds. The van der Waals surface area contributed by atoms with E-state index in [1.807, 2.05) is 12.4 Å². The van der Waals surface area contributed by atoms with Crippen molar-refractivity contribution >= 4 is 54.4 Å². The van der Waals surface area contributed by atoms with Crippen LogP contribution in [0.3, 0.4) is 0 Å². The maximum Gasteiger partial charge on any atom is 0.0541 e. The lowest BCUT2D eigenvalue weighted by molar-refractivity contribution is 1.18. The maximum atomic E-state index is 4.45. The summed E-state index contributed by atoms with van der Waals surface area (Å²) in [5.74, 6) is 0. The predicted molar refractivity (Wildman–Crippen MR) is 200 cm³/mol. The SMILES string of the molecule is c1ccc(-n2c3ccccc3c3cc(-c4ccc5c(c4)c4ccccc4n5-c4ccc5c6c(cccc46)-c4cnccc4-5)ccc32)cc1. The number of aromatic nitrogens is 3. The van der Waals surface area contributed by atoms with Crippen molar-refractivity contribution in [2.45, 2.75) is 0 Å². The Balaban J connectivity index is 1.13. The van der Waals surface area contributed by atoms with Gasteiger partial charge in [0.1, 0.15) is 0 Å². The monoisotopic (exact) mass is 609 g/mol. The summed E-state index contributed by atoms with van der Waals surface area (Å²) in [4.78, 5) is 4.45. The van der Waals surface area contributed by atoms with Gasteiger partial charge in [0.25, 0.3) is 0 Å². The quantitative estimate of drug-likeness (QED) is 0.195. The Kier molecular flexibility index (Phi) is 5.11. The molecule has 3 aromatic heterocycles. The first-order chi connectivity index (χ1) is 23.8. The standard InChI is InChI=1S/C45H27N3/c1-2-9-30(10-3-1)47-40-15-6-4-11-32(40)37-25-28(17-20-43(37)47)29-18-21-44-38(26-29)33-12-5-7-16-41(33)48(44)42-22-19-35-31-23-24-46-27-39(31)34-13-8-14-36(42)45(34)35/h1-27H. The Morgan fingerprint density at radius 1 is 0.375 bits per heavy atom. The summed E-state index contributed by atoms with van der Waals surface area (Å²) in [5.41, 5.74) is 14.7. The molecule has 0 bridgehead atoms.